The third kappa shape index (κ3) is 3.00. The Morgan fingerprint density at radius 3 is 2.61 bits per heavy atom. The van der Waals surface area contributed by atoms with E-state index in [1.54, 1.807) is 30.6 Å². The van der Waals surface area contributed by atoms with Crippen molar-refractivity contribution in [3.63, 3.8) is 0 Å². The van der Waals surface area contributed by atoms with Gasteiger partial charge < -0.3 is 5.11 Å². The van der Waals surface area contributed by atoms with Crippen LogP contribution in [-0.2, 0) is 4.79 Å². The fraction of sp³-hybridized carbons (Fsp3) is 0.118. The number of phenolic OH excluding ortho intramolecular Hbond substituents is 1. The van der Waals surface area contributed by atoms with E-state index in [4.69, 9.17) is 12.2 Å². The predicted molar refractivity (Wildman–Crippen MR) is 97.5 cm³/mol. The zero-order valence-corrected chi connectivity index (χ0v) is 14.2. The molecular weight excluding hydrogens is 328 g/mol. The quantitative estimate of drug-likeness (QED) is 0.664. The first-order chi connectivity index (χ1) is 11.0. The minimum atomic E-state index is -0.156. The van der Waals surface area contributed by atoms with Crippen LogP contribution in [0, 0.1) is 13.8 Å². The van der Waals surface area contributed by atoms with Gasteiger partial charge in [-0.25, -0.2) is 0 Å². The van der Waals surface area contributed by atoms with Crippen LogP contribution in [0.5, 0.6) is 5.75 Å². The first-order valence-electron chi connectivity index (χ1n) is 6.95. The summed E-state index contributed by atoms with van der Waals surface area (Å²) in [7, 11) is 0. The van der Waals surface area contributed by atoms with Crippen molar-refractivity contribution in [3.05, 3.63) is 58.3 Å². The number of rotatable bonds is 2. The molecular formula is C17H14N2O2S2. The lowest BCUT2D eigenvalue weighted by Crippen LogP contribution is -2.27. The van der Waals surface area contributed by atoms with E-state index in [9.17, 15) is 9.90 Å². The van der Waals surface area contributed by atoms with Crippen LogP contribution >= 0.6 is 24.0 Å². The van der Waals surface area contributed by atoms with E-state index in [1.165, 1.54) is 16.7 Å². The predicted octanol–water partition coefficient (Wildman–Crippen LogP) is 3.81. The van der Waals surface area contributed by atoms with Crippen molar-refractivity contribution in [2.45, 2.75) is 13.8 Å². The van der Waals surface area contributed by atoms with E-state index >= 15 is 0 Å². The molecule has 1 aromatic heterocycles. The normalized spacial score (nSPS) is 16.4. The number of anilines is 1. The molecule has 6 heteroatoms. The average Bonchev–Trinajstić information content (AvgIpc) is 2.80. The number of aromatic hydroxyl groups is 1. The summed E-state index contributed by atoms with van der Waals surface area (Å²) in [5, 5.41) is 9.85. The van der Waals surface area contributed by atoms with E-state index in [1.807, 2.05) is 26.0 Å². The van der Waals surface area contributed by atoms with Gasteiger partial charge in [-0.2, -0.15) is 0 Å². The van der Waals surface area contributed by atoms with Gasteiger partial charge in [-0.1, -0.05) is 24.0 Å². The lowest BCUT2D eigenvalue weighted by Gasteiger charge is -2.13. The van der Waals surface area contributed by atoms with Gasteiger partial charge in [0.1, 0.15) is 5.75 Å². The van der Waals surface area contributed by atoms with Gasteiger partial charge in [-0.15, -0.1) is 0 Å². The molecule has 1 N–H and O–H groups in total. The highest BCUT2D eigenvalue weighted by atomic mass is 32.2. The second-order valence-electron chi connectivity index (χ2n) is 5.23. The molecule has 0 atom stereocenters. The third-order valence-electron chi connectivity index (χ3n) is 3.51. The molecule has 1 amide bonds. The van der Waals surface area contributed by atoms with Crippen molar-refractivity contribution < 1.29 is 9.90 Å². The highest BCUT2D eigenvalue weighted by molar-refractivity contribution is 8.27. The SMILES string of the molecule is Cc1cc(/C=C2/SC(=S)N(c3cccnc3)C2=O)cc(C)c1O. The van der Waals surface area contributed by atoms with E-state index < -0.39 is 0 Å². The van der Waals surface area contributed by atoms with Gasteiger partial charge in [0.2, 0.25) is 0 Å². The third-order valence-corrected chi connectivity index (χ3v) is 4.81. The van der Waals surface area contributed by atoms with E-state index in [2.05, 4.69) is 4.98 Å². The number of hydrogen-bond donors (Lipinski definition) is 1. The van der Waals surface area contributed by atoms with Crippen molar-refractivity contribution in [1.29, 1.82) is 0 Å². The number of aromatic nitrogens is 1. The summed E-state index contributed by atoms with van der Waals surface area (Å²) in [5.41, 5.74) is 3.08. The summed E-state index contributed by atoms with van der Waals surface area (Å²) < 4.78 is 0.487. The van der Waals surface area contributed by atoms with Crippen molar-refractivity contribution in [3.8, 4) is 5.75 Å². The number of benzene rings is 1. The smallest absolute Gasteiger partial charge is 0.270 e. The van der Waals surface area contributed by atoms with Crippen molar-refractivity contribution >= 4 is 46.0 Å². The average molecular weight is 342 g/mol. The Morgan fingerprint density at radius 1 is 1.30 bits per heavy atom. The van der Waals surface area contributed by atoms with Crippen LogP contribution in [-0.4, -0.2) is 20.3 Å². The van der Waals surface area contributed by atoms with Gasteiger partial charge in [0.05, 0.1) is 16.8 Å². The molecule has 1 saturated heterocycles. The maximum Gasteiger partial charge on any atom is 0.270 e. The molecule has 23 heavy (non-hydrogen) atoms. The molecule has 2 heterocycles. The molecule has 1 aromatic carbocycles. The van der Waals surface area contributed by atoms with Crippen LogP contribution in [0.2, 0.25) is 0 Å². The molecule has 116 valence electrons. The van der Waals surface area contributed by atoms with Crippen molar-refractivity contribution in [2.24, 2.45) is 0 Å². The Labute approximate surface area is 143 Å². The fourth-order valence-electron chi connectivity index (χ4n) is 2.40. The van der Waals surface area contributed by atoms with Crippen LogP contribution in [0.25, 0.3) is 6.08 Å². The van der Waals surface area contributed by atoms with E-state index in [-0.39, 0.29) is 11.7 Å². The highest BCUT2D eigenvalue weighted by Crippen LogP contribution is 2.36. The van der Waals surface area contributed by atoms with Crippen LogP contribution in [0.1, 0.15) is 16.7 Å². The highest BCUT2D eigenvalue weighted by Gasteiger charge is 2.33. The molecule has 2 aromatic rings. The van der Waals surface area contributed by atoms with Gasteiger partial charge in [-0.3, -0.25) is 14.7 Å². The lowest BCUT2D eigenvalue weighted by molar-refractivity contribution is -0.113. The lowest BCUT2D eigenvalue weighted by atomic mass is 10.1. The Balaban J connectivity index is 1.96. The fourth-order valence-corrected chi connectivity index (χ4v) is 3.70. The number of amides is 1. The summed E-state index contributed by atoms with van der Waals surface area (Å²) >= 11 is 6.59. The van der Waals surface area contributed by atoms with Gasteiger partial charge in [0, 0.05) is 6.20 Å². The molecule has 0 unspecified atom stereocenters. The molecule has 0 radical (unpaired) electrons. The van der Waals surface area contributed by atoms with Gasteiger partial charge in [0.25, 0.3) is 5.91 Å². The molecule has 4 nitrogen and oxygen atoms in total. The van der Waals surface area contributed by atoms with Crippen LogP contribution in [0.4, 0.5) is 5.69 Å². The number of carbonyl (C=O) groups is 1. The molecule has 0 aliphatic carbocycles. The largest absolute Gasteiger partial charge is 0.507 e. The second-order valence-corrected chi connectivity index (χ2v) is 6.91. The molecule has 1 aliphatic rings. The first-order valence-corrected chi connectivity index (χ1v) is 8.18. The first kappa shape index (κ1) is 15.7. The van der Waals surface area contributed by atoms with Crippen LogP contribution in [0.15, 0.2) is 41.6 Å². The Kier molecular flexibility index (Phi) is 4.19. The number of hydrogen-bond acceptors (Lipinski definition) is 5. The van der Waals surface area contributed by atoms with Gasteiger partial charge in [-0.05, 0) is 60.9 Å². The zero-order valence-electron chi connectivity index (χ0n) is 12.6. The standard InChI is InChI=1S/C17H14N2O2S2/c1-10-6-12(7-11(2)15(10)20)8-14-16(21)19(17(22)23-14)13-4-3-5-18-9-13/h3-9,20H,1-2H3/b14-8+. The molecule has 1 aliphatic heterocycles. The molecule has 0 saturated carbocycles. The molecule has 1 fully saturated rings. The molecule has 0 bridgehead atoms. The second kappa shape index (κ2) is 6.14. The van der Waals surface area contributed by atoms with E-state index in [0.29, 0.717) is 14.9 Å². The zero-order chi connectivity index (χ0) is 16.6. The summed E-state index contributed by atoms with van der Waals surface area (Å²) in [5.74, 6) is 0.126. The van der Waals surface area contributed by atoms with Gasteiger partial charge in [0.15, 0.2) is 4.32 Å². The van der Waals surface area contributed by atoms with Crippen molar-refractivity contribution in [2.75, 3.05) is 4.90 Å². The van der Waals surface area contributed by atoms with Gasteiger partial charge >= 0.3 is 0 Å². The Hall–Kier alpha value is -2.18. The number of aryl methyl sites for hydroxylation is 2. The minimum Gasteiger partial charge on any atom is -0.507 e. The van der Waals surface area contributed by atoms with Crippen LogP contribution in [0.3, 0.4) is 0 Å². The van der Waals surface area contributed by atoms with Crippen molar-refractivity contribution in [1.82, 2.24) is 4.98 Å². The number of thioether (sulfide) groups is 1. The molecule has 0 spiro atoms. The Bertz CT molecular complexity index is 809. The monoisotopic (exact) mass is 342 g/mol. The number of phenols is 1. The summed E-state index contributed by atoms with van der Waals surface area (Å²) in [6, 6.07) is 7.26. The topological polar surface area (TPSA) is 53.4 Å². The maximum atomic E-state index is 12.6. The summed E-state index contributed by atoms with van der Waals surface area (Å²) in [4.78, 5) is 18.7. The number of carbonyl (C=O) groups excluding carboxylic acids is 1. The summed E-state index contributed by atoms with van der Waals surface area (Å²) in [6.07, 6.45) is 5.07. The minimum absolute atomic E-state index is 0.156. The molecule has 3 rings (SSSR count). The Morgan fingerprint density at radius 2 is 2.00 bits per heavy atom. The number of nitrogens with zero attached hydrogens (tertiary/aromatic N) is 2. The number of thiocarbonyl (C=S) groups is 1. The van der Waals surface area contributed by atoms with E-state index in [0.717, 1.165) is 16.7 Å². The maximum absolute atomic E-state index is 12.6. The summed E-state index contributed by atoms with van der Waals surface area (Å²) in [6.45, 7) is 3.67. The van der Waals surface area contributed by atoms with Crippen LogP contribution < -0.4 is 4.90 Å². The number of pyridine rings is 1.